The summed E-state index contributed by atoms with van der Waals surface area (Å²) in [6.45, 7) is 8.57. The summed E-state index contributed by atoms with van der Waals surface area (Å²) in [4.78, 5) is 6.71. The number of rotatable bonds is 6. The van der Waals surface area contributed by atoms with Crippen molar-refractivity contribution in [2.75, 3.05) is 32.4 Å². The van der Waals surface area contributed by atoms with E-state index in [1.165, 1.54) is 5.56 Å². The first-order valence-electron chi connectivity index (χ1n) is 9.67. The maximum atomic E-state index is 12.2. The Morgan fingerprint density at radius 1 is 1.25 bits per heavy atom. The third kappa shape index (κ3) is 7.87. The second-order valence-electron chi connectivity index (χ2n) is 8.13. The quantitative estimate of drug-likeness (QED) is 0.342. The molecule has 1 fully saturated rings. The standard InChI is InChI=1S/C20H34N4O2S.HI/c1-20(2,3)27(25,26)14-12-22-19(21-4)23-18-11-8-13-24(16-18)15-17-9-6-5-7-10-17;/h5-7,9-10,18H,8,11-16H2,1-4H3,(H2,21,22,23);1H. The van der Waals surface area contributed by atoms with Crippen molar-refractivity contribution in [2.24, 2.45) is 4.99 Å². The minimum absolute atomic E-state index is 0. The zero-order valence-corrected chi connectivity index (χ0v) is 20.6. The van der Waals surface area contributed by atoms with Gasteiger partial charge in [0.25, 0.3) is 0 Å². The summed E-state index contributed by atoms with van der Waals surface area (Å²) in [5, 5.41) is 6.60. The van der Waals surface area contributed by atoms with E-state index in [9.17, 15) is 8.42 Å². The lowest BCUT2D eigenvalue weighted by atomic mass is 10.0. The summed E-state index contributed by atoms with van der Waals surface area (Å²) in [6.07, 6.45) is 2.23. The highest BCUT2D eigenvalue weighted by atomic mass is 127. The highest BCUT2D eigenvalue weighted by Crippen LogP contribution is 2.15. The molecule has 0 spiro atoms. The fourth-order valence-corrected chi connectivity index (χ4v) is 4.14. The SMILES string of the molecule is CN=C(NCCS(=O)(=O)C(C)(C)C)NC1CCCN(Cc2ccccc2)C1.I. The average molecular weight is 522 g/mol. The first-order chi connectivity index (χ1) is 12.7. The normalized spacial score (nSPS) is 19.0. The zero-order chi connectivity index (χ0) is 19.9. The van der Waals surface area contributed by atoms with Crippen LogP contribution in [0.25, 0.3) is 0 Å². The van der Waals surface area contributed by atoms with E-state index in [-0.39, 0.29) is 29.7 Å². The molecule has 1 aromatic rings. The molecule has 0 aromatic heterocycles. The predicted octanol–water partition coefficient (Wildman–Crippen LogP) is 2.65. The van der Waals surface area contributed by atoms with Gasteiger partial charge in [0.15, 0.2) is 15.8 Å². The van der Waals surface area contributed by atoms with Crippen LogP contribution in [0.3, 0.4) is 0 Å². The molecule has 1 aromatic carbocycles. The lowest BCUT2D eigenvalue weighted by Crippen LogP contribution is -2.51. The number of hydrogen-bond acceptors (Lipinski definition) is 4. The van der Waals surface area contributed by atoms with Gasteiger partial charge in [0.05, 0.1) is 10.5 Å². The van der Waals surface area contributed by atoms with Crippen molar-refractivity contribution in [3.63, 3.8) is 0 Å². The molecule has 0 saturated carbocycles. The molecule has 0 radical (unpaired) electrons. The monoisotopic (exact) mass is 522 g/mol. The summed E-state index contributed by atoms with van der Waals surface area (Å²) >= 11 is 0. The number of likely N-dealkylation sites (tertiary alicyclic amines) is 1. The van der Waals surface area contributed by atoms with Crippen LogP contribution in [0.1, 0.15) is 39.2 Å². The summed E-state index contributed by atoms with van der Waals surface area (Å²) < 4.78 is 23.7. The van der Waals surface area contributed by atoms with Crippen LogP contribution in [0, 0.1) is 0 Å². The molecule has 28 heavy (non-hydrogen) atoms. The number of hydrogen-bond donors (Lipinski definition) is 2. The molecule has 1 aliphatic rings. The maximum absolute atomic E-state index is 12.2. The van der Waals surface area contributed by atoms with E-state index in [0.29, 0.717) is 18.5 Å². The molecule has 6 nitrogen and oxygen atoms in total. The van der Waals surface area contributed by atoms with Crippen LogP contribution in [0.2, 0.25) is 0 Å². The van der Waals surface area contributed by atoms with Gasteiger partial charge in [-0.1, -0.05) is 30.3 Å². The van der Waals surface area contributed by atoms with Gasteiger partial charge in [0.1, 0.15) is 0 Å². The Morgan fingerprint density at radius 3 is 2.54 bits per heavy atom. The van der Waals surface area contributed by atoms with Crippen LogP contribution in [0.15, 0.2) is 35.3 Å². The van der Waals surface area contributed by atoms with Gasteiger partial charge in [-0.25, -0.2) is 8.42 Å². The third-order valence-electron chi connectivity index (χ3n) is 4.92. The lowest BCUT2D eigenvalue weighted by molar-refractivity contribution is 0.192. The number of nitrogens with one attached hydrogen (secondary N) is 2. The van der Waals surface area contributed by atoms with Gasteiger partial charge < -0.3 is 10.6 Å². The molecule has 1 heterocycles. The smallest absolute Gasteiger partial charge is 0.191 e. The Labute approximate surface area is 187 Å². The molecule has 8 heteroatoms. The van der Waals surface area contributed by atoms with Crippen molar-refractivity contribution in [1.82, 2.24) is 15.5 Å². The predicted molar refractivity (Wildman–Crippen MR) is 128 cm³/mol. The molecular formula is C20H35IN4O2S. The molecule has 1 aliphatic heterocycles. The van der Waals surface area contributed by atoms with Crippen LogP contribution in [-0.2, 0) is 16.4 Å². The number of halogens is 1. The van der Waals surface area contributed by atoms with E-state index in [2.05, 4.69) is 44.8 Å². The van der Waals surface area contributed by atoms with Crippen LogP contribution >= 0.6 is 24.0 Å². The molecule has 160 valence electrons. The van der Waals surface area contributed by atoms with E-state index in [4.69, 9.17) is 0 Å². The Hall–Kier alpha value is -0.870. The van der Waals surface area contributed by atoms with Crippen molar-refractivity contribution in [1.29, 1.82) is 0 Å². The number of guanidine groups is 1. The molecule has 0 bridgehead atoms. The maximum Gasteiger partial charge on any atom is 0.191 e. The van der Waals surface area contributed by atoms with Crippen LogP contribution in [0.5, 0.6) is 0 Å². The Morgan fingerprint density at radius 2 is 1.93 bits per heavy atom. The van der Waals surface area contributed by atoms with Gasteiger partial charge in [-0.05, 0) is 45.7 Å². The van der Waals surface area contributed by atoms with Crippen molar-refractivity contribution < 1.29 is 8.42 Å². The van der Waals surface area contributed by atoms with Gasteiger partial charge in [0, 0.05) is 32.7 Å². The molecule has 2 N–H and O–H groups in total. The van der Waals surface area contributed by atoms with Gasteiger partial charge in [-0.15, -0.1) is 24.0 Å². The number of piperidine rings is 1. The Kier molecular flexibility index (Phi) is 10.2. The van der Waals surface area contributed by atoms with E-state index in [1.807, 2.05) is 6.07 Å². The van der Waals surface area contributed by atoms with Crippen molar-refractivity contribution in [3.8, 4) is 0 Å². The minimum Gasteiger partial charge on any atom is -0.355 e. The highest BCUT2D eigenvalue weighted by Gasteiger charge is 2.28. The molecule has 2 rings (SSSR count). The molecule has 0 aliphatic carbocycles. The fraction of sp³-hybridized carbons (Fsp3) is 0.650. The summed E-state index contributed by atoms with van der Waals surface area (Å²) in [7, 11) is -1.41. The van der Waals surface area contributed by atoms with Crippen LogP contribution in [0.4, 0.5) is 0 Å². The largest absolute Gasteiger partial charge is 0.355 e. The van der Waals surface area contributed by atoms with E-state index < -0.39 is 14.6 Å². The number of aliphatic imine (C=N–C) groups is 1. The molecule has 0 amide bonds. The zero-order valence-electron chi connectivity index (χ0n) is 17.4. The third-order valence-corrected chi connectivity index (χ3v) is 7.52. The van der Waals surface area contributed by atoms with Crippen LogP contribution < -0.4 is 10.6 Å². The van der Waals surface area contributed by atoms with Crippen molar-refractivity contribution in [3.05, 3.63) is 35.9 Å². The van der Waals surface area contributed by atoms with Crippen molar-refractivity contribution in [2.45, 2.75) is 50.9 Å². The fourth-order valence-electron chi connectivity index (χ4n) is 3.16. The highest BCUT2D eigenvalue weighted by molar-refractivity contribution is 14.0. The lowest BCUT2D eigenvalue weighted by Gasteiger charge is -2.34. The van der Waals surface area contributed by atoms with Crippen molar-refractivity contribution >= 4 is 39.8 Å². The topological polar surface area (TPSA) is 73.8 Å². The minimum atomic E-state index is -3.13. The average Bonchev–Trinajstić information content (AvgIpc) is 2.61. The summed E-state index contributed by atoms with van der Waals surface area (Å²) in [6, 6.07) is 10.8. The number of nitrogens with zero attached hydrogens (tertiary/aromatic N) is 2. The first-order valence-corrected chi connectivity index (χ1v) is 11.3. The second kappa shape index (κ2) is 11.3. The Bertz CT molecular complexity index is 717. The van der Waals surface area contributed by atoms with E-state index in [0.717, 1.165) is 32.5 Å². The molecular weight excluding hydrogens is 487 g/mol. The van der Waals surface area contributed by atoms with Gasteiger partial charge in [-0.2, -0.15) is 0 Å². The number of benzene rings is 1. The first kappa shape index (κ1) is 25.2. The van der Waals surface area contributed by atoms with Gasteiger partial charge >= 0.3 is 0 Å². The van der Waals surface area contributed by atoms with Crippen LogP contribution in [-0.4, -0.2) is 62.5 Å². The van der Waals surface area contributed by atoms with E-state index in [1.54, 1.807) is 27.8 Å². The summed E-state index contributed by atoms with van der Waals surface area (Å²) in [5.41, 5.74) is 1.33. The second-order valence-corrected chi connectivity index (χ2v) is 11.0. The van der Waals surface area contributed by atoms with E-state index >= 15 is 0 Å². The molecule has 1 unspecified atom stereocenters. The molecule has 1 saturated heterocycles. The van der Waals surface area contributed by atoms with Gasteiger partial charge in [0.2, 0.25) is 0 Å². The molecule has 1 atom stereocenters. The summed E-state index contributed by atoms with van der Waals surface area (Å²) in [5.74, 6) is 0.771. The van der Waals surface area contributed by atoms with Gasteiger partial charge in [-0.3, -0.25) is 9.89 Å². The Balaban J connectivity index is 0.00000392. The number of sulfone groups is 1.